The first-order valence-corrected chi connectivity index (χ1v) is 8.34. The third kappa shape index (κ3) is 3.80. The van der Waals surface area contributed by atoms with Gasteiger partial charge in [0, 0.05) is 32.0 Å². The van der Waals surface area contributed by atoms with Gasteiger partial charge in [0.05, 0.1) is 5.54 Å². The van der Waals surface area contributed by atoms with Gasteiger partial charge < -0.3 is 21.7 Å². The van der Waals surface area contributed by atoms with Crippen LogP contribution in [-0.2, 0) is 11.3 Å². The number of nitrogens with zero attached hydrogens (tertiary/aromatic N) is 4. The van der Waals surface area contributed by atoms with E-state index in [4.69, 9.17) is 23.1 Å². The number of piperidine rings is 1. The summed E-state index contributed by atoms with van der Waals surface area (Å²) >= 11 is 6.17. The lowest BCUT2D eigenvalue weighted by atomic mass is 9.87. The van der Waals surface area contributed by atoms with Crippen LogP contribution in [0, 0.1) is 0 Å². The molecule has 0 spiro atoms. The van der Waals surface area contributed by atoms with E-state index in [9.17, 15) is 4.79 Å². The van der Waals surface area contributed by atoms with E-state index in [1.165, 1.54) is 6.33 Å². The summed E-state index contributed by atoms with van der Waals surface area (Å²) in [5.41, 5.74) is 12.1. The van der Waals surface area contributed by atoms with Gasteiger partial charge >= 0.3 is 0 Å². The highest BCUT2D eigenvalue weighted by molar-refractivity contribution is 6.35. The summed E-state index contributed by atoms with van der Waals surface area (Å²) < 4.78 is 0. The van der Waals surface area contributed by atoms with E-state index in [2.05, 4.69) is 20.3 Å². The highest BCUT2D eigenvalue weighted by Gasteiger charge is 2.38. The molecule has 2 aromatic heterocycles. The average molecular weight is 362 g/mol. The maximum Gasteiger partial charge on any atom is 0.240 e. The van der Waals surface area contributed by atoms with E-state index in [0.717, 1.165) is 5.56 Å². The minimum atomic E-state index is -0.908. The number of pyridine rings is 1. The van der Waals surface area contributed by atoms with Gasteiger partial charge in [0.15, 0.2) is 5.82 Å². The third-order valence-corrected chi connectivity index (χ3v) is 4.77. The zero-order valence-corrected chi connectivity index (χ0v) is 14.4. The fourth-order valence-electron chi connectivity index (χ4n) is 2.80. The molecular weight excluding hydrogens is 342 g/mol. The molecule has 3 heterocycles. The van der Waals surface area contributed by atoms with Crippen molar-refractivity contribution in [3.8, 4) is 0 Å². The quantitative estimate of drug-likeness (QED) is 0.733. The predicted octanol–water partition coefficient (Wildman–Crippen LogP) is 0.721. The number of nitrogens with one attached hydrogen (secondary N) is 1. The summed E-state index contributed by atoms with van der Waals surface area (Å²) in [7, 11) is 0. The monoisotopic (exact) mass is 361 g/mol. The van der Waals surface area contributed by atoms with Gasteiger partial charge in [0.1, 0.15) is 17.2 Å². The summed E-state index contributed by atoms with van der Waals surface area (Å²) in [5.74, 6) is 0.664. The predicted molar refractivity (Wildman–Crippen MR) is 95.9 cm³/mol. The van der Waals surface area contributed by atoms with Crippen molar-refractivity contribution in [2.45, 2.75) is 24.9 Å². The average Bonchev–Trinajstić information content (AvgIpc) is 2.64. The van der Waals surface area contributed by atoms with Gasteiger partial charge in [-0.2, -0.15) is 0 Å². The third-order valence-electron chi connectivity index (χ3n) is 4.41. The molecule has 9 heteroatoms. The largest absolute Gasteiger partial charge is 0.382 e. The number of hydrogen-bond donors (Lipinski definition) is 3. The second-order valence-electron chi connectivity index (χ2n) is 6.08. The smallest absolute Gasteiger partial charge is 0.240 e. The highest BCUT2D eigenvalue weighted by atomic mass is 35.5. The Balaban J connectivity index is 1.60. The first-order chi connectivity index (χ1) is 12.0. The molecule has 25 heavy (non-hydrogen) atoms. The number of carbonyl (C=O) groups is 1. The molecule has 0 bridgehead atoms. The van der Waals surface area contributed by atoms with Crippen LogP contribution < -0.4 is 21.7 Å². The first kappa shape index (κ1) is 17.4. The Morgan fingerprint density at radius 3 is 2.64 bits per heavy atom. The molecule has 2 aromatic rings. The van der Waals surface area contributed by atoms with Crippen LogP contribution in [0.25, 0.3) is 0 Å². The molecule has 0 atom stereocenters. The van der Waals surface area contributed by atoms with Crippen molar-refractivity contribution in [1.82, 2.24) is 20.3 Å². The molecule has 1 saturated heterocycles. The van der Waals surface area contributed by atoms with Crippen molar-refractivity contribution < 1.29 is 4.79 Å². The van der Waals surface area contributed by atoms with Crippen LogP contribution in [0.4, 0.5) is 11.6 Å². The van der Waals surface area contributed by atoms with Gasteiger partial charge in [0.2, 0.25) is 5.91 Å². The number of carbonyl (C=O) groups excluding carboxylic acids is 1. The maximum absolute atomic E-state index is 12.5. The van der Waals surface area contributed by atoms with E-state index in [-0.39, 0.29) is 11.7 Å². The lowest BCUT2D eigenvalue weighted by Gasteiger charge is -2.38. The van der Waals surface area contributed by atoms with Crippen LogP contribution in [-0.4, -0.2) is 39.5 Å². The van der Waals surface area contributed by atoms with Crippen molar-refractivity contribution in [2.75, 3.05) is 23.7 Å². The molecule has 1 aliphatic heterocycles. The van der Waals surface area contributed by atoms with Crippen molar-refractivity contribution in [3.05, 3.63) is 41.4 Å². The molecule has 1 amide bonds. The first-order valence-electron chi connectivity index (χ1n) is 7.96. The Morgan fingerprint density at radius 1 is 1.28 bits per heavy atom. The molecule has 5 N–H and O–H groups in total. The maximum atomic E-state index is 12.5. The van der Waals surface area contributed by atoms with Crippen molar-refractivity contribution in [3.63, 3.8) is 0 Å². The van der Waals surface area contributed by atoms with E-state index in [1.54, 1.807) is 12.4 Å². The molecule has 0 unspecified atom stereocenters. The van der Waals surface area contributed by atoms with Crippen LogP contribution in [0.5, 0.6) is 0 Å². The van der Waals surface area contributed by atoms with Crippen molar-refractivity contribution in [1.29, 1.82) is 0 Å². The number of amides is 1. The summed E-state index contributed by atoms with van der Waals surface area (Å²) in [6, 6.07) is 3.71. The molecule has 0 aliphatic carbocycles. The van der Waals surface area contributed by atoms with Crippen LogP contribution in [0.2, 0.25) is 5.02 Å². The molecule has 1 aliphatic rings. The summed E-state index contributed by atoms with van der Waals surface area (Å²) in [6.07, 6.45) is 5.75. The highest BCUT2D eigenvalue weighted by Crippen LogP contribution is 2.30. The lowest BCUT2D eigenvalue weighted by molar-refractivity contribution is -0.127. The molecule has 0 saturated carbocycles. The molecule has 0 aromatic carbocycles. The second kappa shape index (κ2) is 7.20. The summed E-state index contributed by atoms with van der Waals surface area (Å²) in [6.45, 7) is 1.56. The van der Waals surface area contributed by atoms with Crippen LogP contribution >= 0.6 is 11.6 Å². The van der Waals surface area contributed by atoms with Crippen molar-refractivity contribution in [2.24, 2.45) is 5.73 Å². The van der Waals surface area contributed by atoms with E-state index in [1.807, 2.05) is 17.0 Å². The SMILES string of the molecule is Nc1ncnc(N2CCC(N)(C(=O)NCc3ccncc3)CC2)c1Cl. The second-order valence-corrected chi connectivity index (χ2v) is 6.46. The Labute approximate surface area is 150 Å². The Hall–Kier alpha value is -2.45. The Kier molecular flexibility index (Phi) is 5.00. The minimum absolute atomic E-state index is 0.155. The Bertz CT molecular complexity index is 747. The molecule has 132 valence electrons. The minimum Gasteiger partial charge on any atom is -0.382 e. The molecule has 3 rings (SSSR count). The van der Waals surface area contributed by atoms with Gasteiger partial charge in [0.25, 0.3) is 0 Å². The lowest BCUT2D eigenvalue weighted by Crippen LogP contribution is -2.59. The normalized spacial score (nSPS) is 16.5. The molecule has 1 fully saturated rings. The van der Waals surface area contributed by atoms with Gasteiger partial charge in [-0.1, -0.05) is 11.6 Å². The van der Waals surface area contributed by atoms with Crippen LogP contribution in [0.1, 0.15) is 18.4 Å². The van der Waals surface area contributed by atoms with Gasteiger partial charge in [-0.25, -0.2) is 9.97 Å². The van der Waals surface area contributed by atoms with Gasteiger partial charge in [-0.15, -0.1) is 0 Å². The van der Waals surface area contributed by atoms with E-state index in [0.29, 0.717) is 43.3 Å². The number of anilines is 2. The molecule has 8 nitrogen and oxygen atoms in total. The standard InChI is InChI=1S/C16H20ClN7O/c17-12-13(18)22-10-23-14(12)24-7-3-16(19,4-8-24)15(25)21-9-11-1-5-20-6-2-11/h1-2,5-6,10H,3-4,7-9,19H2,(H,21,25)(H2,18,22,23). The van der Waals surface area contributed by atoms with E-state index < -0.39 is 5.54 Å². The number of rotatable bonds is 4. The number of halogens is 1. The fourth-order valence-corrected chi connectivity index (χ4v) is 3.01. The zero-order chi connectivity index (χ0) is 17.9. The fraction of sp³-hybridized carbons (Fsp3) is 0.375. The number of nitrogen functional groups attached to an aromatic ring is 1. The van der Waals surface area contributed by atoms with Gasteiger partial charge in [-0.3, -0.25) is 9.78 Å². The van der Waals surface area contributed by atoms with E-state index >= 15 is 0 Å². The summed E-state index contributed by atoms with van der Waals surface area (Å²) in [5, 5.41) is 3.23. The van der Waals surface area contributed by atoms with Crippen LogP contribution in [0.3, 0.4) is 0 Å². The molecular formula is C16H20ClN7O. The number of aromatic nitrogens is 3. The number of nitrogens with two attached hydrogens (primary N) is 2. The summed E-state index contributed by atoms with van der Waals surface area (Å²) in [4.78, 5) is 26.5. The zero-order valence-electron chi connectivity index (χ0n) is 13.7. The van der Waals surface area contributed by atoms with Crippen LogP contribution in [0.15, 0.2) is 30.9 Å². The van der Waals surface area contributed by atoms with Gasteiger partial charge in [-0.05, 0) is 30.5 Å². The van der Waals surface area contributed by atoms with Crippen molar-refractivity contribution >= 4 is 29.1 Å². The molecule has 0 radical (unpaired) electrons. The number of hydrogen-bond acceptors (Lipinski definition) is 7. The Morgan fingerprint density at radius 2 is 1.96 bits per heavy atom. The topological polar surface area (TPSA) is 123 Å².